The molecule has 1 saturated carbocycles. The van der Waals surface area contributed by atoms with Crippen LogP contribution < -0.4 is 48.5 Å². The number of aliphatic hydroxyl groups is 1. The van der Waals surface area contributed by atoms with E-state index in [2.05, 4.69) is 37.2 Å². The number of nitrogens with one attached hydrogen (secondary N) is 7. The first kappa shape index (κ1) is 79.0. The van der Waals surface area contributed by atoms with Crippen LogP contribution in [0.3, 0.4) is 0 Å². The van der Waals surface area contributed by atoms with Crippen molar-refractivity contribution in [2.45, 2.75) is 161 Å². The summed E-state index contributed by atoms with van der Waals surface area (Å²) >= 11 is 0. The Morgan fingerprint density at radius 2 is 1.45 bits per heavy atom. The number of likely N-dealkylation sites (N-methyl/N-ethyl adjacent to an activating group) is 1. The number of ether oxygens (including phenoxy) is 8. The van der Waals surface area contributed by atoms with Crippen LogP contribution in [0.25, 0.3) is 22.3 Å². The molecule has 4 heterocycles. The van der Waals surface area contributed by atoms with Crippen molar-refractivity contribution >= 4 is 70.1 Å². The fourth-order valence-corrected chi connectivity index (χ4v) is 12.7. The van der Waals surface area contributed by atoms with Crippen molar-refractivity contribution in [3.05, 3.63) is 91.5 Å². The lowest BCUT2D eigenvalue weighted by molar-refractivity contribution is -0.177. The molecule has 102 heavy (non-hydrogen) atoms. The first-order valence-corrected chi connectivity index (χ1v) is 35.0. The Kier molecular flexibility index (Phi) is 29.8. The Labute approximate surface area is 591 Å². The topological polar surface area (TPSA) is 396 Å². The van der Waals surface area contributed by atoms with Gasteiger partial charge in [-0.1, -0.05) is 71.9 Å². The average Bonchev–Trinajstić information content (AvgIpc) is 1.50. The second kappa shape index (κ2) is 38.5. The minimum absolute atomic E-state index is 0.0470. The summed E-state index contributed by atoms with van der Waals surface area (Å²) < 4.78 is 61.2. The Morgan fingerprint density at radius 1 is 0.775 bits per heavy atom. The highest BCUT2D eigenvalue weighted by molar-refractivity contribution is 5.99. The summed E-state index contributed by atoms with van der Waals surface area (Å²) in [6.45, 7) is 9.45. The number of cyclic esters (lactones) is 1. The zero-order valence-electron chi connectivity index (χ0n) is 59.0. The lowest BCUT2D eigenvalue weighted by atomic mass is 9.79. The number of esters is 1. The molecule has 10 N–H and O–H groups in total. The monoisotopic (exact) mass is 1430 g/mol. The molecule has 0 saturated heterocycles. The van der Waals surface area contributed by atoms with Crippen LogP contribution in [0.5, 0.6) is 0 Å². The number of nitrogens with two attached hydrogens (primary N) is 1. The van der Waals surface area contributed by atoms with E-state index >= 15 is 4.39 Å². The number of carbonyl (C=O) groups excluding carboxylic acids is 9. The normalized spacial score (nSPS) is 16.8. The van der Waals surface area contributed by atoms with Crippen LogP contribution in [0.15, 0.2) is 41.2 Å². The number of benzene rings is 2. The summed E-state index contributed by atoms with van der Waals surface area (Å²) in [6, 6.07) is 5.64. The molecular weight excluding hydrogens is 1330 g/mol. The zero-order valence-corrected chi connectivity index (χ0v) is 59.0. The van der Waals surface area contributed by atoms with Gasteiger partial charge in [0.15, 0.2) is 5.60 Å². The quantitative estimate of drug-likeness (QED) is 0.0153. The average molecular weight is 1430 g/mol. The molecule has 4 atom stereocenters. The minimum Gasteiger partial charge on any atom is -0.458 e. The number of hydrogen-bond acceptors (Lipinski definition) is 20. The molecule has 4 aliphatic rings. The van der Waals surface area contributed by atoms with Crippen LogP contribution in [-0.2, 0) is 103 Å². The highest BCUT2D eigenvalue weighted by atomic mass is 19.1. The summed E-state index contributed by atoms with van der Waals surface area (Å²) in [7, 11) is 1.41. The number of pyridine rings is 2. The molecule has 0 unspecified atom stereocenters. The molecule has 2 aromatic heterocycles. The number of aryl methyl sites for hydroxylation is 1. The van der Waals surface area contributed by atoms with Crippen molar-refractivity contribution in [2.75, 3.05) is 105 Å². The van der Waals surface area contributed by atoms with Gasteiger partial charge in [0.05, 0.1) is 94.0 Å². The van der Waals surface area contributed by atoms with Crippen LogP contribution >= 0.6 is 0 Å². The number of primary amides is 1. The number of nitrogens with zero attached hydrogens (tertiary/aromatic N) is 3. The molecule has 2 aromatic carbocycles. The number of halogens is 1. The van der Waals surface area contributed by atoms with E-state index in [9.17, 15) is 53.1 Å². The number of carbonyl (C=O) groups is 9. The van der Waals surface area contributed by atoms with Gasteiger partial charge in [0.2, 0.25) is 35.4 Å². The predicted molar refractivity (Wildman–Crippen MR) is 368 cm³/mol. The van der Waals surface area contributed by atoms with E-state index in [4.69, 9.17) is 48.6 Å². The molecular formula is C71H98FN11O19. The second-order valence-electron chi connectivity index (χ2n) is 26.5. The van der Waals surface area contributed by atoms with Crippen molar-refractivity contribution in [3.63, 3.8) is 0 Å². The van der Waals surface area contributed by atoms with Gasteiger partial charge in [-0.2, -0.15) is 0 Å². The molecule has 1 fully saturated rings. The van der Waals surface area contributed by atoms with Gasteiger partial charge in [-0.3, -0.25) is 33.6 Å². The number of fused-ring (bicyclic) bond motifs is 5. The largest absolute Gasteiger partial charge is 0.458 e. The summed E-state index contributed by atoms with van der Waals surface area (Å²) in [6.07, 6.45) is 8.30. The van der Waals surface area contributed by atoms with Crippen LogP contribution in [-0.4, -0.2) is 191 Å². The highest BCUT2D eigenvalue weighted by Crippen LogP contribution is 2.46. The van der Waals surface area contributed by atoms with E-state index in [0.717, 1.165) is 36.1 Å². The molecule has 0 radical (unpaired) electrons. The first-order valence-electron chi connectivity index (χ1n) is 35.0. The van der Waals surface area contributed by atoms with E-state index in [0.29, 0.717) is 103 Å². The molecule has 0 bridgehead atoms. The van der Waals surface area contributed by atoms with Crippen LogP contribution in [0.4, 0.5) is 19.7 Å². The van der Waals surface area contributed by atoms with Gasteiger partial charge in [-0.15, -0.1) is 0 Å². The Hall–Kier alpha value is -8.72. The first-order chi connectivity index (χ1) is 48.9. The molecule has 9 amide bonds. The smallest absolute Gasteiger partial charge is 0.407 e. The van der Waals surface area contributed by atoms with Crippen LogP contribution in [0.2, 0.25) is 0 Å². The highest BCUT2D eigenvalue weighted by Gasteiger charge is 2.49. The molecule has 30 nitrogen and oxygen atoms in total. The number of urea groups is 1. The maximum absolute atomic E-state index is 15.5. The van der Waals surface area contributed by atoms with E-state index in [1.807, 2.05) is 0 Å². The van der Waals surface area contributed by atoms with Gasteiger partial charge >= 0.3 is 18.1 Å². The fraction of sp³-hybridized carbons (Fsp3) is 0.592. The number of aromatic nitrogens is 2. The van der Waals surface area contributed by atoms with Gasteiger partial charge < -0.3 is 95.4 Å². The summed E-state index contributed by atoms with van der Waals surface area (Å²) in [5.74, 6) is -5.30. The third-order valence-corrected chi connectivity index (χ3v) is 18.4. The maximum atomic E-state index is 15.5. The Bertz CT molecular complexity index is 3680. The van der Waals surface area contributed by atoms with Gasteiger partial charge in [0, 0.05) is 54.8 Å². The van der Waals surface area contributed by atoms with Gasteiger partial charge in [-0.05, 0) is 97.7 Å². The molecule has 4 aromatic rings. The Morgan fingerprint density at radius 3 is 2.13 bits per heavy atom. The van der Waals surface area contributed by atoms with Crippen LogP contribution in [0, 0.1) is 24.6 Å². The standard InChI is InChI=1S/C71H98FN11O19/c1-42(2)63(81-57(84)22-25-95-27-29-97-31-32-98-30-28-96-26-24-74-58(85)40-100-47-13-10-8-7-9-11-14-47)66(89)80-54(15-12-23-75-69(73)92)65(88)77-46-18-16-45(17-19-46)37-102-70(93)76-35-60(87)82(6)41-99-39-59(86)78-53-21-20-48-44(5)52(72)34-55-61(48)62(53)49-36-83-56(64(49)79-55)33-51-50(67(83)90)38-101-68(91)71(51,94)43(3)4/h16-19,33-34,42-43,47,53-54,63,94H,7-15,20-32,35-41H2,1-6H3,(H,74,85)(H,76,93)(H,77,88)(H,78,86)(H,80,89)(H,81,84)(H3,73,75,92)/t53-,54-,63-,71-/m0/s1. The molecule has 2 aliphatic heterocycles. The van der Waals surface area contributed by atoms with Gasteiger partial charge in [0.1, 0.15) is 57.6 Å². The number of amides is 9. The summed E-state index contributed by atoms with van der Waals surface area (Å²) in [5, 5.41) is 31.2. The lowest BCUT2D eigenvalue weighted by Gasteiger charge is -2.35. The van der Waals surface area contributed by atoms with Crippen molar-refractivity contribution in [1.82, 2.24) is 46.4 Å². The van der Waals surface area contributed by atoms with E-state index in [1.165, 1.54) is 36.9 Å². The van der Waals surface area contributed by atoms with E-state index in [-0.39, 0.29) is 108 Å². The maximum Gasteiger partial charge on any atom is 0.407 e. The fourth-order valence-electron chi connectivity index (χ4n) is 12.7. The van der Waals surface area contributed by atoms with Crippen molar-refractivity contribution < 1.29 is 90.5 Å². The van der Waals surface area contributed by atoms with Crippen molar-refractivity contribution in [1.29, 1.82) is 0 Å². The van der Waals surface area contributed by atoms with E-state index < -0.39 is 102 Å². The number of anilines is 1. The third kappa shape index (κ3) is 21.7. The number of rotatable bonds is 38. The van der Waals surface area contributed by atoms with Gasteiger partial charge in [-0.25, -0.2) is 23.8 Å². The number of hydrogen-bond donors (Lipinski definition) is 9. The molecule has 558 valence electrons. The van der Waals surface area contributed by atoms with Gasteiger partial charge in [0.25, 0.3) is 5.56 Å². The van der Waals surface area contributed by atoms with Crippen molar-refractivity contribution in [2.24, 2.45) is 17.6 Å². The van der Waals surface area contributed by atoms with Crippen molar-refractivity contribution in [3.8, 4) is 11.4 Å². The summed E-state index contributed by atoms with van der Waals surface area (Å²) in [4.78, 5) is 136. The molecule has 31 heteroatoms. The zero-order chi connectivity index (χ0) is 73.5. The Balaban J connectivity index is 0.708. The predicted octanol–water partition coefficient (Wildman–Crippen LogP) is 3.95. The summed E-state index contributed by atoms with van der Waals surface area (Å²) in [5.41, 5.74) is 7.19. The minimum atomic E-state index is -2.10. The van der Waals surface area contributed by atoms with E-state index in [1.54, 1.807) is 65.0 Å². The number of alkyl carbamates (subject to hydrolysis) is 1. The third-order valence-electron chi connectivity index (χ3n) is 18.4. The lowest BCUT2D eigenvalue weighted by Crippen LogP contribution is -2.54. The second-order valence-corrected chi connectivity index (χ2v) is 26.5. The molecule has 8 rings (SSSR count). The molecule has 2 aliphatic carbocycles. The SMILES string of the molecule is Cc1c(F)cc2nc3c(c4c2c1CC[C@@H]4NC(=O)COCN(C)C(=O)CNC(=O)OCc1ccc(NC(=O)[C@H](CCCNC(N)=O)NC(=O)[C@@H](NC(=O)CCOCCOCCOCCOCCNC(=O)COC2CCCCCCC2)C(C)C)cc1)Cn1c-3cc2c(c1=O)COC(=O)[C@]2(O)C(C)C. The molecule has 0 spiro atoms. The van der Waals surface area contributed by atoms with Crippen LogP contribution in [0.1, 0.15) is 143 Å².